The molecule has 1 aliphatic carbocycles. The number of rotatable bonds is 14. The van der Waals surface area contributed by atoms with Crippen LogP contribution in [0.15, 0.2) is 85.0 Å². The summed E-state index contributed by atoms with van der Waals surface area (Å²) in [5, 5.41) is 5.13. The van der Waals surface area contributed by atoms with Crippen LogP contribution in [-0.2, 0) is 23.5 Å². The molecule has 0 aliphatic heterocycles. The van der Waals surface area contributed by atoms with Crippen LogP contribution in [0.4, 0.5) is 4.79 Å². The van der Waals surface area contributed by atoms with Gasteiger partial charge in [-0.15, -0.1) is 0 Å². The van der Waals surface area contributed by atoms with Crippen LogP contribution in [0.2, 0.25) is 5.04 Å². The molecule has 4 atom stereocenters. The molecule has 0 unspecified atom stereocenters. The molecule has 1 saturated carbocycles. The average Bonchev–Trinajstić information content (AvgIpc) is 3.40. The highest BCUT2D eigenvalue weighted by Crippen LogP contribution is 2.43. The number of esters is 1. The van der Waals surface area contributed by atoms with E-state index in [1.807, 2.05) is 39.8 Å². The van der Waals surface area contributed by atoms with E-state index in [4.69, 9.17) is 13.9 Å². The molecule has 1 amide bonds. The predicted molar refractivity (Wildman–Crippen MR) is 191 cm³/mol. The summed E-state index contributed by atoms with van der Waals surface area (Å²) in [4.78, 5) is 37.7. The Kier molecular flexibility index (Phi) is 13.8. The zero-order valence-electron chi connectivity index (χ0n) is 29.6. The van der Waals surface area contributed by atoms with Crippen molar-refractivity contribution in [1.82, 2.24) is 5.32 Å². The summed E-state index contributed by atoms with van der Waals surface area (Å²) >= 11 is 0. The molecule has 0 spiro atoms. The molecule has 3 rings (SSSR count). The van der Waals surface area contributed by atoms with Crippen molar-refractivity contribution in [3.63, 3.8) is 0 Å². The van der Waals surface area contributed by atoms with Crippen molar-refractivity contribution in [2.24, 2.45) is 11.8 Å². The van der Waals surface area contributed by atoms with E-state index in [9.17, 15) is 14.4 Å². The summed E-state index contributed by atoms with van der Waals surface area (Å²) in [5.41, 5.74) is -0.536. The monoisotopic (exact) mass is 661 g/mol. The Morgan fingerprint density at radius 3 is 2.04 bits per heavy atom. The molecule has 0 heterocycles. The number of nitrogens with one attached hydrogen (secondary N) is 1. The molecule has 2 aromatic rings. The lowest BCUT2D eigenvalue weighted by Gasteiger charge is -2.44. The molecule has 0 aromatic heterocycles. The molecule has 0 radical (unpaired) electrons. The number of carbonyl (C=O) groups excluding carboxylic acids is 3. The third kappa shape index (κ3) is 11.0. The van der Waals surface area contributed by atoms with Crippen molar-refractivity contribution in [3.8, 4) is 0 Å². The van der Waals surface area contributed by atoms with Gasteiger partial charge in [0.15, 0.2) is 5.78 Å². The lowest BCUT2D eigenvalue weighted by Crippen LogP contribution is -2.67. The number of hydrogen-bond donors (Lipinski definition) is 1. The zero-order chi connectivity index (χ0) is 34.7. The summed E-state index contributed by atoms with van der Waals surface area (Å²) in [6.07, 6.45) is 10.1. The van der Waals surface area contributed by atoms with Crippen molar-refractivity contribution in [1.29, 1.82) is 0 Å². The molecule has 1 aliphatic rings. The summed E-state index contributed by atoms with van der Waals surface area (Å²) in [6, 6.07) is 21.1. The van der Waals surface area contributed by atoms with Gasteiger partial charge in [-0.05, 0) is 94.1 Å². The summed E-state index contributed by atoms with van der Waals surface area (Å²) in [6.45, 7) is 16.3. The fourth-order valence-corrected chi connectivity index (χ4v) is 11.2. The molecule has 2 aromatic carbocycles. The largest absolute Gasteiger partial charge is 0.463 e. The van der Waals surface area contributed by atoms with Crippen molar-refractivity contribution >= 4 is 36.5 Å². The first-order valence-corrected chi connectivity index (χ1v) is 18.9. The van der Waals surface area contributed by atoms with Gasteiger partial charge in [-0.1, -0.05) is 93.6 Å². The highest BCUT2D eigenvalue weighted by molar-refractivity contribution is 6.99. The third-order valence-electron chi connectivity index (χ3n) is 8.52. The van der Waals surface area contributed by atoms with Crippen LogP contribution in [-0.4, -0.2) is 50.5 Å². The minimum atomic E-state index is -2.81. The molecular formula is C39H55NO6Si. The van der Waals surface area contributed by atoms with E-state index < -0.39 is 26.0 Å². The number of benzene rings is 2. The van der Waals surface area contributed by atoms with E-state index in [0.717, 1.165) is 19.3 Å². The van der Waals surface area contributed by atoms with Crippen molar-refractivity contribution < 1.29 is 28.3 Å². The van der Waals surface area contributed by atoms with Gasteiger partial charge in [0.05, 0.1) is 6.61 Å². The molecule has 0 saturated heterocycles. The Bertz CT molecular complexity index is 1320. The number of allylic oxidation sites excluding steroid dienone is 3. The summed E-state index contributed by atoms with van der Waals surface area (Å²) in [5.74, 6) is -0.945. The van der Waals surface area contributed by atoms with Gasteiger partial charge in [0.25, 0.3) is 8.32 Å². The Morgan fingerprint density at radius 2 is 1.51 bits per heavy atom. The van der Waals surface area contributed by atoms with Crippen LogP contribution in [0, 0.1) is 11.8 Å². The highest BCUT2D eigenvalue weighted by atomic mass is 28.4. The van der Waals surface area contributed by atoms with Crippen LogP contribution in [0.3, 0.4) is 0 Å². The van der Waals surface area contributed by atoms with Crippen molar-refractivity contribution in [2.45, 2.75) is 110 Å². The maximum absolute atomic E-state index is 13.6. The topological polar surface area (TPSA) is 90.9 Å². The minimum absolute atomic E-state index is 0.0173. The molecule has 0 bridgehead atoms. The maximum atomic E-state index is 13.6. The molecule has 256 valence electrons. The highest BCUT2D eigenvalue weighted by Gasteiger charge is 2.53. The molecule has 7 nitrogen and oxygen atoms in total. The van der Waals surface area contributed by atoms with Crippen LogP contribution >= 0.6 is 0 Å². The molecule has 8 heteroatoms. The number of carbonyl (C=O) groups is 3. The standard InChI is InChI=1S/C39H55NO6Si/c1-9-44-36(42)26-25-35(41)34-28-31(27-30(34)20-14-10-13-19-29(2)40-37(43)45-38(3,4)5)46-47(39(6,7)8,32-21-15-11-16-22-32)33-23-17-12-18-24-33/h11-12,14-18,20-26,29-31,34H,9-10,13,19,27-28H2,1-8H3,(H,40,43)/b20-14+,26-25+/t29-,30+,31-,34+/m0/s1. The Hall–Kier alpha value is -3.49. The van der Waals surface area contributed by atoms with Gasteiger partial charge in [0.2, 0.25) is 0 Å². The quantitative estimate of drug-likeness (QED) is 0.0752. The van der Waals surface area contributed by atoms with Gasteiger partial charge < -0.3 is 19.2 Å². The number of amides is 1. The van der Waals surface area contributed by atoms with Crippen LogP contribution in [0.25, 0.3) is 0 Å². The van der Waals surface area contributed by atoms with Crippen molar-refractivity contribution in [2.75, 3.05) is 6.61 Å². The summed E-state index contributed by atoms with van der Waals surface area (Å²) < 4.78 is 17.8. The maximum Gasteiger partial charge on any atom is 0.407 e. The molecule has 1 fully saturated rings. The Balaban J connectivity index is 1.82. The van der Waals surface area contributed by atoms with Gasteiger partial charge >= 0.3 is 12.1 Å². The van der Waals surface area contributed by atoms with E-state index in [1.54, 1.807) is 6.92 Å². The van der Waals surface area contributed by atoms with Crippen LogP contribution in [0.5, 0.6) is 0 Å². The van der Waals surface area contributed by atoms with Gasteiger partial charge in [-0.25, -0.2) is 9.59 Å². The van der Waals surface area contributed by atoms with Gasteiger partial charge in [0, 0.05) is 24.1 Å². The molecule has 47 heavy (non-hydrogen) atoms. The fraction of sp³-hybridized carbons (Fsp3) is 0.513. The Morgan fingerprint density at radius 1 is 0.915 bits per heavy atom. The molecular weight excluding hydrogens is 607 g/mol. The van der Waals surface area contributed by atoms with Gasteiger partial charge in [-0.3, -0.25) is 4.79 Å². The number of ketones is 1. The fourth-order valence-electron chi connectivity index (χ4n) is 6.46. The summed E-state index contributed by atoms with van der Waals surface area (Å²) in [7, 11) is -2.81. The van der Waals surface area contributed by atoms with Gasteiger partial charge in [-0.2, -0.15) is 0 Å². The first kappa shape index (κ1) is 38.0. The number of ether oxygens (including phenoxy) is 2. The lowest BCUT2D eigenvalue weighted by molar-refractivity contribution is -0.137. The first-order chi connectivity index (χ1) is 22.2. The Labute approximate surface area is 283 Å². The van der Waals surface area contributed by atoms with E-state index >= 15 is 0 Å². The normalized spacial score (nSPS) is 19.5. The average molecular weight is 662 g/mol. The van der Waals surface area contributed by atoms with E-state index in [1.165, 1.54) is 22.5 Å². The first-order valence-electron chi connectivity index (χ1n) is 17.0. The second-order valence-corrected chi connectivity index (χ2v) is 18.8. The molecule has 1 N–H and O–H groups in total. The second-order valence-electron chi connectivity index (χ2n) is 14.5. The van der Waals surface area contributed by atoms with E-state index in [-0.39, 0.29) is 41.4 Å². The SMILES string of the molecule is CCOC(=O)/C=C/C(=O)[C@@H]1C[C@@H](O[Si](c2ccccc2)(c2ccccc2)C(C)(C)C)C[C@H]1/C=C/CCC[C@H](C)NC(=O)OC(C)(C)C. The number of alkyl carbamates (subject to hydrolysis) is 1. The number of hydrogen-bond acceptors (Lipinski definition) is 6. The van der Waals surface area contributed by atoms with E-state index in [2.05, 4.69) is 86.8 Å². The zero-order valence-corrected chi connectivity index (χ0v) is 30.6. The smallest absolute Gasteiger partial charge is 0.407 e. The second kappa shape index (κ2) is 17.1. The number of unbranched alkanes of at least 4 members (excludes halogenated alkanes) is 1. The lowest BCUT2D eigenvalue weighted by atomic mass is 9.91. The minimum Gasteiger partial charge on any atom is -0.463 e. The third-order valence-corrected chi connectivity index (χ3v) is 13.6. The van der Waals surface area contributed by atoms with Crippen LogP contribution in [0.1, 0.15) is 87.5 Å². The van der Waals surface area contributed by atoms with E-state index in [0.29, 0.717) is 12.8 Å². The van der Waals surface area contributed by atoms with Gasteiger partial charge in [0.1, 0.15) is 5.60 Å². The van der Waals surface area contributed by atoms with Crippen LogP contribution < -0.4 is 15.7 Å². The predicted octanol–water partition coefficient (Wildman–Crippen LogP) is 7.29. The van der Waals surface area contributed by atoms with Crippen molar-refractivity contribution in [3.05, 3.63) is 85.0 Å².